The zero-order chi connectivity index (χ0) is 22.0. The molecule has 0 aliphatic carbocycles. The number of benzene rings is 1. The first-order valence-corrected chi connectivity index (χ1v) is 9.41. The number of ether oxygens (including phenoxy) is 4. The highest BCUT2D eigenvalue weighted by atomic mass is 16.5. The van der Waals surface area contributed by atoms with Gasteiger partial charge in [0.05, 0.1) is 52.3 Å². The first-order chi connectivity index (χ1) is 14.4. The number of aryl methyl sites for hydroxylation is 1. The third-order valence-corrected chi connectivity index (χ3v) is 4.93. The fourth-order valence-electron chi connectivity index (χ4n) is 3.54. The Kier molecular flexibility index (Phi) is 6.00. The Morgan fingerprint density at radius 3 is 2.33 bits per heavy atom. The van der Waals surface area contributed by atoms with Crippen LogP contribution in [0.2, 0.25) is 0 Å². The summed E-state index contributed by atoms with van der Waals surface area (Å²) in [5.74, 6) is 1.17. The summed E-state index contributed by atoms with van der Waals surface area (Å²) in [7, 11) is 4.58. The molecular weight excluding hydrogens is 390 g/mol. The van der Waals surface area contributed by atoms with Gasteiger partial charge >= 0.3 is 5.97 Å². The fourth-order valence-corrected chi connectivity index (χ4v) is 3.54. The molecule has 0 fully saturated rings. The molecule has 2 heterocycles. The van der Waals surface area contributed by atoms with Crippen molar-refractivity contribution in [1.29, 1.82) is 0 Å². The Morgan fingerprint density at radius 2 is 1.80 bits per heavy atom. The average Bonchev–Trinajstić information content (AvgIpc) is 3.03. The number of carbonyl (C=O) groups is 2. The highest BCUT2D eigenvalue weighted by Gasteiger charge is 2.34. The molecule has 1 amide bonds. The number of hydrogen-bond donors (Lipinski definition) is 1. The van der Waals surface area contributed by atoms with E-state index in [1.54, 1.807) is 26.0 Å². The van der Waals surface area contributed by atoms with Gasteiger partial charge in [-0.3, -0.25) is 9.69 Å². The summed E-state index contributed by atoms with van der Waals surface area (Å²) in [5, 5.41) is 0. The lowest BCUT2D eigenvalue weighted by Crippen LogP contribution is -2.27. The van der Waals surface area contributed by atoms with E-state index < -0.39 is 5.97 Å². The SMILES string of the molecule is CCOC(=O)c1c(C)nc2c(c1N)CC(=O)N2Cc1cc(OC)c(OC)c(OC)c1. The number of nitrogens with zero attached hydrogens (tertiary/aromatic N) is 2. The van der Waals surface area contributed by atoms with Crippen molar-refractivity contribution in [2.45, 2.75) is 26.8 Å². The van der Waals surface area contributed by atoms with Gasteiger partial charge in [0.15, 0.2) is 11.5 Å². The second-order valence-electron chi connectivity index (χ2n) is 6.70. The zero-order valence-electron chi connectivity index (χ0n) is 17.7. The first-order valence-electron chi connectivity index (χ1n) is 9.41. The largest absolute Gasteiger partial charge is 0.493 e. The van der Waals surface area contributed by atoms with Crippen molar-refractivity contribution < 1.29 is 28.5 Å². The summed E-state index contributed by atoms with van der Waals surface area (Å²) in [6.07, 6.45) is 0.0608. The number of carbonyl (C=O) groups excluding carboxylic acids is 2. The maximum absolute atomic E-state index is 12.8. The van der Waals surface area contributed by atoms with Crippen molar-refractivity contribution in [2.24, 2.45) is 0 Å². The highest BCUT2D eigenvalue weighted by molar-refractivity contribution is 6.06. The molecule has 2 aromatic rings. The molecule has 0 saturated heterocycles. The summed E-state index contributed by atoms with van der Waals surface area (Å²) in [6.45, 7) is 3.84. The molecule has 0 spiro atoms. The van der Waals surface area contributed by atoms with Crippen LogP contribution in [0.15, 0.2) is 12.1 Å². The van der Waals surface area contributed by atoms with Crippen molar-refractivity contribution in [3.63, 3.8) is 0 Å². The number of methoxy groups -OCH3 is 3. The van der Waals surface area contributed by atoms with Crippen LogP contribution in [-0.2, 0) is 22.5 Å². The number of nitrogens with two attached hydrogens (primary N) is 1. The van der Waals surface area contributed by atoms with E-state index >= 15 is 0 Å². The molecule has 9 nitrogen and oxygen atoms in total. The number of esters is 1. The Labute approximate surface area is 174 Å². The lowest BCUT2D eigenvalue weighted by Gasteiger charge is -2.20. The predicted octanol–water partition coefficient (Wildman–Crippen LogP) is 2.26. The third-order valence-electron chi connectivity index (χ3n) is 4.93. The van der Waals surface area contributed by atoms with E-state index in [4.69, 9.17) is 24.7 Å². The lowest BCUT2D eigenvalue weighted by molar-refractivity contribution is -0.117. The second kappa shape index (κ2) is 8.48. The molecule has 160 valence electrons. The van der Waals surface area contributed by atoms with Crippen LogP contribution in [0.1, 0.15) is 34.1 Å². The maximum Gasteiger partial charge on any atom is 0.342 e. The Balaban J connectivity index is 2.02. The van der Waals surface area contributed by atoms with Crippen LogP contribution < -0.4 is 24.8 Å². The van der Waals surface area contributed by atoms with E-state index in [2.05, 4.69) is 4.98 Å². The molecule has 0 atom stereocenters. The van der Waals surface area contributed by atoms with Crippen LogP contribution in [0.25, 0.3) is 0 Å². The molecule has 0 bridgehead atoms. The van der Waals surface area contributed by atoms with E-state index in [1.807, 2.05) is 0 Å². The van der Waals surface area contributed by atoms with Gasteiger partial charge in [0.2, 0.25) is 11.7 Å². The van der Waals surface area contributed by atoms with Gasteiger partial charge in [0.1, 0.15) is 11.4 Å². The third kappa shape index (κ3) is 3.58. The van der Waals surface area contributed by atoms with Gasteiger partial charge in [-0.2, -0.15) is 0 Å². The number of hydrogen-bond acceptors (Lipinski definition) is 8. The molecule has 1 aromatic heterocycles. The average molecular weight is 415 g/mol. The van der Waals surface area contributed by atoms with Crippen LogP contribution in [0, 0.1) is 6.92 Å². The number of rotatable bonds is 7. The molecule has 2 N–H and O–H groups in total. The van der Waals surface area contributed by atoms with E-state index in [9.17, 15) is 9.59 Å². The quantitative estimate of drug-likeness (QED) is 0.685. The van der Waals surface area contributed by atoms with Gasteiger partial charge in [0, 0.05) is 5.56 Å². The topological polar surface area (TPSA) is 113 Å². The number of fused-ring (bicyclic) bond motifs is 1. The molecular formula is C21H25N3O6. The van der Waals surface area contributed by atoms with Gasteiger partial charge in [0.25, 0.3) is 0 Å². The van der Waals surface area contributed by atoms with Crippen molar-refractivity contribution in [2.75, 3.05) is 38.6 Å². The van der Waals surface area contributed by atoms with Gasteiger partial charge in [-0.05, 0) is 31.5 Å². The first kappa shape index (κ1) is 21.2. The van der Waals surface area contributed by atoms with Gasteiger partial charge in [-0.25, -0.2) is 9.78 Å². The van der Waals surface area contributed by atoms with Crippen molar-refractivity contribution >= 4 is 23.4 Å². The van der Waals surface area contributed by atoms with E-state index in [0.29, 0.717) is 34.3 Å². The van der Waals surface area contributed by atoms with Crippen molar-refractivity contribution in [3.8, 4) is 17.2 Å². The van der Waals surface area contributed by atoms with Gasteiger partial charge in [-0.1, -0.05) is 0 Å². The van der Waals surface area contributed by atoms with Crippen LogP contribution in [0.3, 0.4) is 0 Å². The molecule has 0 saturated carbocycles. The predicted molar refractivity (Wildman–Crippen MR) is 110 cm³/mol. The molecule has 9 heteroatoms. The number of amides is 1. The molecule has 30 heavy (non-hydrogen) atoms. The van der Waals surface area contributed by atoms with E-state index in [1.165, 1.54) is 26.2 Å². The van der Waals surface area contributed by atoms with E-state index in [0.717, 1.165) is 5.56 Å². The number of aromatic nitrogens is 1. The normalized spacial score (nSPS) is 12.6. The summed E-state index contributed by atoms with van der Waals surface area (Å²) in [6, 6.07) is 3.55. The van der Waals surface area contributed by atoms with Gasteiger partial charge in [-0.15, -0.1) is 0 Å². The number of pyridine rings is 1. The summed E-state index contributed by atoms with van der Waals surface area (Å²) in [4.78, 5) is 31.1. The molecule has 1 aliphatic heterocycles. The summed E-state index contributed by atoms with van der Waals surface area (Å²) in [5.41, 5.74) is 8.38. The van der Waals surface area contributed by atoms with Crippen molar-refractivity contribution in [3.05, 3.63) is 34.5 Å². The highest BCUT2D eigenvalue weighted by Crippen LogP contribution is 2.40. The second-order valence-corrected chi connectivity index (χ2v) is 6.70. The summed E-state index contributed by atoms with van der Waals surface area (Å²) >= 11 is 0. The zero-order valence-corrected chi connectivity index (χ0v) is 17.7. The van der Waals surface area contributed by atoms with Crippen LogP contribution in [0.4, 0.5) is 11.5 Å². The number of nitrogen functional groups attached to an aromatic ring is 1. The van der Waals surface area contributed by atoms with Crippen molar-refractivity contribution in [1.82, 2.24) is 4.98 Å². The maximum atomic E-state index is 12.8. The Morgan fingerprint density at radius 1 is 1.17 bits per heavy atom. The minimum Gasteiger partial charge on any atom is -0.493 e. The fraction of sp³-hybridized carbons (Fsp3) is 0.381. The van der Waals surface area contributed by atoms with Crippen LogP contribution in [0.5, 0.6) is 17.2 Å². The summed E-state index contributed by atoms with van der Waals surface area (Å²) < 4.78 is 21.2. The monoisotopic (exact) mass is 415 g/mol. The standard InChI is InChI=1S/C21H25N3O6/c1-6-30-21(26)17-11(2)23-20-13(18(17)22)9-16(25)24(20)10-12-7-14(27-3)19(29-5)15(8-12)28-4/h7-8H,6,9-10H2,1-5H3,(H2,22,23). The number of anilines is 2. The molecule has 1 aromatic carbocycles. The van der Waals surface area contributed by atoms with Crippen LogP contribution in [-0.4, -0.2) is 44.8 Å². The molecule has 0 radical (unpaired) electrons. The molecule has 3 rings (SSSR count). The van der Waals surface area contributed by atoms with Crippen LogP contribution >= 0.6 is 0 Å². The molecule has 1 aliphatic rings. The smallest absolute Gasteiger partial charge is 0.342 e. The Bertz CT molecular complexity index is 980. The minimum absolute atomic E-state index is 0.0608. The lowest BCUT2D eigenvalue weighted by atomic mass is 10.1. The minimum atomic E-state index is -0.543. The van der Waals surface area contributed by atoms with E-state index in [-0.39, 0.29) is 36.7 Å². The molecule has 0 unspecified atom stereocenters. The Hall–Kier alpha value is -3.49. The van der Waals surface area contributed by atoms with Gasteiger partial charge < -0.3 is 24.7 Å².